The third kappa shape index (κ3) is 5.30. The van der Waals surface area contributed by atoms with E-state index in [0.29, 0.717) is 12.8 Å². The molecule has 3 rings (SSSR count). The molecule has 0 bridgehead atoms. The Morgan fingerprint density at radius 2 is 1.70 bits per heavy atom. The van der Waals surface area contributed by atoms with Crippen LogP contribution in [0, 0.1) is 0 Å². The summed E-state index contributed by atoms with van der Waals surface area (Å²) in [5.74, 6) is 1.09. The minimum atomic E-state index is -0.679. The van der Waals surface area contributed by atoms with Crippen LogP contribution in [0.5, 0.6) is 11.5 Å². The molecule has 7 nitrogen and oxygen atoms in total. The first kappa shape index (κ1) is 21.6. The number of benzene rings is 2. The van der Waals surface area contributed by atoms with Crippen molar-refractivity contribution in [1.82, 2.24) is 9.80 Å². The molecular formula is C23H29N3O4. The van der Waals surface area contributed by atoms with Crippen molar-refractivity contribution in [3.05, 3.63) is 59.7 Å². The zero-order valence-corrected chi connectivity index (χ0v) is 17.7. The largest absolute Gasteiger partial charge is 0.454 e. The molecular weight excluding hydrogens is 382 g/mol. The fraction of sp³-hybridized carbons (Fsp3) is 0.391. The van der Waals surface area contributed by atoms with Gasteiger partial charge in [-0.2, -0.15) is 0 Å². The summed E-state index contributed by atoms with van der Waals surface area (Å²) < 4.78 is 10.7. The Hall–Kier alpha value is -3.06. The van der Waals surface area contributed by atoms with Crippen molar-refractivity contribution in [2.45, 2.75) is 31.8 Å². The molecule has 2 aromatic rings. The molecule has 1 heterocycles. The van der Waals surface area contributed by atoms with Crippen LogP contribution in [0.4, 0.5) is 0 Å². The molecule has 0 saturated carbocycles. The Labute approximate surface area is 177 Å². The highest BCUT2D eigenvalue weighted by atomic mass is 16.7. The van der Waals surface area contributed by atoms with Gasteiger partial charge in [0.2, 0.25) is 18.6 Å². The molecule has 1 aliphatic heterocycles. The average Bonchev–Trinajstić information content (AvgIpc) is 3.21. The molecule has 160 valence electrons. The van der Waals surface area contributed by atoms with Gasteiger partial charge in [-0.1, -0.05) is 36.4 Å². The van der Waals surface area contributed by atoms with E-state index in [2.05, 4.69) is 0 Å². The van der Waals surface area contributed by atoms with Crippen molar-refractivity contribution >= 4 is 11.8 Å². The fourth-order valence-electron chi connectivity index (χ4n) is 3.42. The molecule has 1 aliphatic rings. The standard InChI is InChI=1S/C23H29N3O4/c1-16(11-18-9-10-20-21(13-18)30-15-29-20)26(3)22(27)14-25(2)23(28)19(24)12-17-7-5-4-6-8-17/h4-10,13,16,19H,11-12,14-15,24H2,1-3H3/t16?,19-/m0/s1. The minimum absolute atomic E-state index is 0.0106. The maximum atomic E-state index is 12.7. The lowest BCUT2D eigenvalue weighted by Gasteiger charge is -2.28. The number of hydrogen-bond donors (Lipinski definition) is 1. The van der Waals surface area contributed by atoms with Crippen LogP contribution in [-0.2, 0) is 22.4 Å². The molecule has 0 radical (unpaired) electrons. The number of fused-ring (bicyclic) bond motifs is 1. The summed E-state index contributed by atoms with van der Waals surface area (Å²) >= 11 is 0. The van der Waals surface area contributed by atoms with Crippen molar-refractivity contribution in [3.63, 3.8) is 0 Å². The molecule has 0 saturated heterocycles. The van der Waals surface area contributed by atoms with Crippen molar-refractivity contribution in [1.29, 1.82) is 0 Å². The van der Waals surface area contributed by atoms with Crippen molar-refractivity contribution < 1.29 is 19.1 Å². The van der Waals surface area contributed by atoms with Crippen molar-refractivity contribution in [2.24, 2.45) is 5.73 Å². The van der Waals surface area contributed by atoms with Crippen LogP contribution in [0.1, 0.15) is 18.1 Å². The third-order valence-electron chi connectivity index (χ3n) is 5.39. The number of nitrogens with zero attached hydrogens (tertiary/aromatic N) is 2. The number of nitrogens with two attached hydrogens (primary N) is 1. The Morgan fingerprint density at radius 3 is 2.43 bits per heavy atom. The summed E-state index contributed by atoms with van der Waals surface area (Å²) in [5.41, 5.74) is 8.12. The lowest BCUT2D eigenvalue weighted by Crippen LogP contribution is -2.48. The second kappa shape index (κ2) is 9.63. The van der Waals surface area contributed by atoms with Crippen molar-refractivity contribution in [3.8, 4) is 11.5 Å². The van der Waals surface area contributed by atoms with E-state index in [9.17, 15) is 9.59 Å². The first-order valence-electron chi connectivity index (χ1n) is 10.0. The number of carbonyl (C=O) groups excluding carboxylic acids is 2. The van der Waals surface area contributed by atoms with Gasteiger partial charge in [0.05, 0.1) is 12.6 Å². The van der Waals surface area contributed by atoms with Crippen LogP contribution in [0.2, 0.25) is 0 Å². The molecule has 0 aromatic heterocycles. The second-order valence-electron chi connectivity index (χ2n) is 7.74. The molecule has 2 aromatic carbocycles. The van der Waals surface area contributed by atoms with Gasteiger partial charge in [0.15, 0.2) is 11.5 Å². The Bertz CT molecular complexity index is 887. The third-order valence-corrected chi connectivity index (χ3v) is 5.39. The van der Waals surface area contributed by atoms with Gasteiger partial charge in [-0.3, -0.25) is 9.59 Å². The minimum Gasteiger partial charge on any atom is -0.454 e. The van der Waals surface area contributed by atoms with Crippen LogP contribution in [0.3, 0.4) is 0 Å². The number of hydrogen-bond acceptors (Lipinski definition) is 5. The van der Waals surface area contributed by atoms with E-state index in [0.717, 1.165) is 22.6 Å². The van der Waals surface area contributed by atoms with E-state index < -0.39 is 6.04 Å². The van der Waals surface area contributed by atoms with Gasteiger partial charge >= 0.3 is 0 Å². The van der Waals surface area contributed by atoms with Crippen LogP contribution >= 0.6 is 0 Å². The highest BCUT2D eigenvalue weighted by Gasteiger charge is 2.24. The highest BCUT2D eigenvalue weighted by Crippen LogP contribution is 2.32. The molecule has 0 spiro atoms. The van der Waals surface area contributed by atoms with Crippen LogP contribution in [0.25, 0.3) is 0 Å². The van der Waals surface area contributed by atoms with Gasteiger partial charge in [-0.25, -0.2) is 0 Å². The van der Waals surface area contributed by atoms with E-state index in [1.807, 2.05) is 55.5 Å². The Kier molecular flexibility index (Phi) is 6.95. The van der Waals surface area contributed by atoms with Crippen molar-refractivity contribution in [2.75, 3.05) is 27.4 Å². The van der Waals surface area contributed by atoms with E-state index >= 15 is 0 Å². The first-order valence-corrected chi connectivity index (χ1v) is 10.0. The van der Waals surface area contributed by atoms with Crippen LogP contribution in [0.15, 0.2) is 48.5 Å². The molecule has 7 heteroatoms. The SMILES string of the molecule is CC(Cc1ccc2c(c1)OCO2)N(C)C(=O)CN(C)C(=O)[C@@H](N)Cc1ccccc1. The molecule has 0 fully saturated rings. The predicted molar refractivity (Wildman–Crippen MR) is 114 cm³/mol. The fourth-order valence-corrected chi connectivity index (χ4v) is 3.42. The molecule has 1 unspecified atom stereocenters. The number of carbonyl (C=O) groups is 2. The van der Waals surface area contributed by atoms with Gasteiger partial charge in [0.1, 0.15) is 0 Å². The van der Waals surface area contributed by atoms with Gasteiger partial charge in [-0.15, -0.1) is 0 Å². The van der Waals surface area contributed by atoms with Gasteiger partial charge in [-0.05, 0) is 43.0 Å². The highest BCUT2D eigenvalue weighted by molar-refractivity contribution is 5.87. The number of rotatable bonds is 8. The predicted octanol–water partition coefficient (Wildman–Crippen LogP) is 1.83. The maximum absolute atomic E-state index is 12.7. The lowest BCUT2D eigenvalue weighted by atomic mass is 10.1. The van der Waals surface area contributed by atoms with E-state index in [1.54, 1.807) is 19.0 Å². The zero-order chi connectivity index (χ0) is 21.7. The molecule has 2 amide bonds. The van der Waals surface area contributed by atoms with Gasteiger partial charge in [0, 0.05) is 20.1 Å². The summed E-state index contributed by atoms with van der Waals surface area (Å²) in [6, 6.07) is 14.7. The smallest absolute Gasteiger partial charge is 0.242 e. The molecule has 0 aliphatic carbocycles. The topological polar surface area (TPSA) is 85.1 Å². The summed E-state index contributed by atoms with van der Waals surface area (Å²) in [6.45, 7) is 2.20. The quantitative estimate of drug-likeness (QED) is 0.716. The second-order valence-corrected chi connectivity index (χ2v) is 7.74. The molecule has 30 heavy (non-hydrogen) atoms. The molecule has 2 atom stereocenters. The first-order chi connectivity index (χ1) is 14.3. The number of likely N-dealkylation sites (N-methyl/N-ethyl adjacent to an activating group) is 2. The number of ether oxygens (including phenoxy) is 2. The monoisotopic (exact) mass is 411 g/mol. The van der Waals surface area contributed by atoms with Crippen LogP contribution in [-0.4, -0.2) is 61.1 Å². The van der Waals surface area contributed by atoms with Crippen LogP contribution < -0.4 is 15.2 Å². The summed E-state index contributed by atoms with van der Waals surface area (Å²) in [4.78, 5) is 28.3. The van der Waals surface area contributed by atoms with Gasteiger partial charge in [0.25, 0.3) is 0 Å². The summed E-state index contributed by atoms with van der Waals surface area (Å²) in [6.07, 6.45) is 1.11. The maximum Gasteiger partial charge on any atom is 0.242 e. The van der Waals surface area contributed by atoms with E-state index in [-0.39, 0.29) is 31.2 Å². The normalized spacial score (nSPS) is 14.1. The molecule has 2 N–H and O–H groups in total. The van der Waals surface area contributed by atoms with E-state index in [1.165, 1.54) is 4.90 Å². The Morgan fingerprint density at radius 1 is 1.00 bits per heavy atom. The van der Waals surface area contributed by atoms with Gasteiger partial charge < -0.3 is 25.0 Å². The average molecular weight is 412 g/mol. The van der Waals surface area contributed by atoms with E-state index in [4.69, 9.17) is 15.2 Å². The zero-order valence-electron chi connectivity index (χ0n) is 17.7. The Balaban J connectivity index is 1.51. The number of amides is 2. The lowest BCUT2D eigenvalue weighted by molar-refractivity contribution is -0.140. The summed E-state index contributed by atoms with van der Waals surface area (Å²) in [7, 11) is 3.36. The summed E-state index contributed by atoms with van der Waals surface area (Å²) in [5, 5.41) is 0.